The van der Waals surface area contributed by atoms with Crippen LogP contribution in [0.4, 0.5) is 5.69 Å². The summed E-state index contributed by atoms with van der Waals surface area (Å²) in [5.41, 5.74) is 0.706. The standard InChI is InChI=1S/C14H14BrNO4S/c1-8(17)21-7-9-4-13(18)16(6-9)12-5-10(14(19)20)2-3-11(12)15/h2-3,5,9H,4,6-7H2,1H3,(H,19,20). The van der Waals surface area contributed by atoms with Gasteiger partial charge < -0.3 is 10.0 Å². The number of hydrogen-bond acceptors (Lipinski definition) is 4. The molecule has 5 nitrogen and oxygen atoms in total. The Kier molecular flexibility index (Phi) is 5.05. The number of hydrogen-bond donors (Lipinski definition) is 1. The largest absolute Gasteiger partial charge is 0.478 e. The van der Waals surface area contributed by atoms with Crippen molar-refractivity contribution in [1.29, 1.82) is 0 Å². The lowest BCUT2D eigenvalue weighted by Crippen LogP contribution is -2.25. The number of benzene rings is 1. The van der Waals surface area contributed by atoms with E-state index in [2.05, 4.69) is 15.9 Å². The lowest BCUT2D eigenvalue weighted by atomic mass is 10.1. The molecule has 1 aliphatic heterocycles. The molecule has 112 valence electrons. The number of nitrogens with zero attached hydrogens (tertiary/aromatic N) is 1. The van der Waals surface area contributed by atoms with Gasteiger partial charge in [0.25, 0.3) is 0 Å². The number of carboxylic acid groups (broad SMARTS) is 1. The number of aromatic carboxylic acids is 1. The number of amides is 1. The van der Waals surface area contributed by atoms with Crippen LogP contribution >= 0.6 is 27.7 Å². The highest BCUT2D eigenvalue weighted by Crippen LogP contribution is 2.33. The molecule has 1 N–H and O–H groups in total. The zero-order valence-corrected chi connectivity index (χ0v) is 13.7. The fraction of sp³-hybridized carbons (Fsp3) is 0.357. The van der Waals surface area contributed by atoms with Crippen LogP contribution in [0.3, 0.4) is 0 Å². The van der Waals surface area contributed by atoms with Gasteiger partial charge in [0.1, 0.15) is 0 Å². The summed E-state index contributed by atoms with van der Waals surface area (Å²) in [6.07, 6.45) is 0.379. The van der Waals surface area contributed by atoms with E-state index < -0.39 is 5.97 Å². The Bertz CT molecular complexity index is 605. The van der Waals surface area contributed by atoms with E-state index in [4.69, 9.17) is 5.11 Å². The summed E-state index contributed by atoms with van der Waals surface area (Å²) in [7, 11) is 0. The van der Waals surface area contributed by atoms with Gasteiger partial charge in [-0.05, 0) is 40.0 Å². The average Bonchev–Trinajstić information content (AvgIpc) is 2.78. The van der Waals surface area contributed by atoms with Crippen LogP contribution in [0.15, 0.2) is 22.7 Å². The summed E-state index contributed by atoms with van der Waals surface area (Å²) in [6, 6.07) is 4.61. The van der Waals surface area contributed by atoms with E-state index in [9.17, 15) is 14.4 Å². The Hall–Kier alpha value is -1.34. The zero-order chi connectivity index (χ0) is 15.6. The van der Waals surface area contributed by atoms with Gasteiger partial charge in [-0.15, -0.1) is 0 Å². The molecule has 0 spiro atoms. The average molecular weight is 372 g/mol. The quantitative estimate of drug-likeness (QED) is 0.880. The van der Waals surface area contributed by atoms with Gasteiger partial charge in [0.2, 0.25) is 5.91 Å². The minimum absolute atomic E-state index is 0.0370. The predicted octanol–water partition coefficient (Wildman–Crippen LogP) is 2.78. The number of carboxylic acids is 1. The van der Waals surface area contributed by atoms with E-state index in [-0.39, 0.29) is 22.5 Å². The molecule has 0 saturated carbocycles. The van der Waals surface area contributed by atoms with Crippen molar-refractivity contribution < 1.29 is 19.5 Å². The monoisotopic (exact) mass is 371 g/mol. The molecular weight excluding hydrogens is 358 g/mol. The molecule has 1 unspecified atom stereocenters. The van der Waals surface area contributed by atoms with Gasteiger partial charge in [-0.3, -0.25) is 9.59 Å². The summed E-state index contributed by atoms with van der Waals surface area (Å²) >= 11 is 4.57. The lowest BCUT2D eigenvalue weighted by molar-refractivity contribution is -0.117. The van der Waals surface area contributed by atoms with Crippen molar-refractivity contribution in [2.45, 2.75) is 13.3 Å². The third-order valence-corrected chi connectivity index (χ3v) is 4.93. The molecule has 2 rings (SSSR count). The Labute approximate surface area is 134 Å². The maximum Gasteiger partial charge on any atom is 0.335 e. The minimum atomic E-state index is -1.03. The SMILES string of the molecule is CC(=O)SCC1CC(=O)N(c2cc(C(=O)O)ccc2Br)C1. The first-order valence-corrected chi connectivity index (χ1v) is 8.13. The summed E-state index contributed by atoms with van der Waals surface area (Å²) in [5, 5.41) is 9.08. The molecular formula is C14H14BrNO4S. The van der Waals surface area contributed by atoms with Gasteiger partial charge in [-0.25, -0.2) is 4.79 Å². The second-order valence-electron chi connectivity index (χ2n) is 4.85. The zero-order valence-electron chi connectivity index (χ0n) is 11.3. The van der Waals surface area contributed by atoms with E-state index in [0.29, 0.717) is 28.9 Å². The lowest BCUT2D eigenvalue weighted by Gasteiger charge is -2.19. The van der Waals surface area contributed by atoms with Crippen molar-refractivity contribution in [3.63, 3.8) is 0 Å². The summed E-state index contributed by atoms with van der Waals surface area (Å²) < 4.78 is 0.681. The Balaban J connectivity index is 2.18. The molecule has 1 aliphatic rings. The summed E-state index contributed by atoms with van der Waals surface area (Å²) in [4.78, 5) is 35.8. The second kappa shape index (κ2) is 6.62. The van der Waals surface area contributed by atoms with Gasteiger partial charge in [-0.2, -0.15) is 0 Å². The maximum absolute atomic E-state index is 12.1. The molecule has 1 saturated heterocycles. The summed E-state index contributed by atoms with van der Waals surface area (Å²) in [5.74, 6) is -0.369. The van der Waals surface area contributed by atoms with Gasteiger partial charge >= 0.3 is 5.97 Å². The highest BCUT2D eigenvalue weighted by Gasteiger charge is 2.32. The Morgan fingerprint density at radius 3 is 2.81 bits per heavy atom. The van der Waals surface area contributed by atoms with E-state index >= 15 is 0 Å². The first-order valence-electron chi connectivity index (χ1n) is 6.35. The highest BCUT2D eigenvalue weighted by molar-refractivity contribution is 9.10. The van der Waals surface area contributed by atoms with Gasteiger partial charge in [-0.1, -0.05) is 11.8 Å². The fourth-order valence-electron chi connectivity index (χ4n) is 2.21. The van der Waals surface area contributed by atoms with Crippen LogP contribution in [0, 0.1) is 5.92 Å². The van der Waals surface area contributed by atoms with E-state index in [1.165, 1.54) is 30.8 Å². The molecule has 0 bridgehead atoms. The molecule has 1 atom stereocenters. The Morgan fingerprint density at radius 1 is 1.48 bits per heavy atom. The van der Waals surface area contributed by atoms with Gasteiger partial charge in [0, 0.05) is 30.1 Å². The molecule has 1 fully saturated rings. The molecule has 0 aliphatic carbocycles. The maximum atomic E-state index is 12.1. The van der Waals surface area contributed by atoms with Gasteiger partial charge in [0.15, 0.2) is 5.12 Å². The molecule has 1 heterocycles. The van der Waals surface area contributed by atoms with Gasteiger partial charge in [0.05, 0.1) is 11.3 Å². The fourth-order valence-corrected chi connectivity index (χ4v) is 3.37. The number of thioether (sulfide) groups is 1. The molecule has 7 heteroatoms. The molecule has 0 radical (unpaired) electrons. The molecule has 1 amide bonds. The molecule has 21 heavy (non-hydrogen) atoms. The number of anilines is 1. The van der Waals surface area contributed by atoms with Crippen LogP contribution in [-0.2, 0) is 9.59 Å². The Morgan fingerprint density at radius 2 is 2.19 bits per heavy atom. The minimum Gasteiger partial charge on any atom is -0.478 e. The van der Waals surface area contributed by atoms with Crippen LogP contribution in [0.5, 0.6) is 0 Å². The second-order valence-corrected chi connectivity index (χ2v) is 6.90. The van der Waals surface area contributed by atoms with E-state index in [1.807, 2.05) is 0 Å². The third-order valence-electron chi connectivity index (χ3n) is 3.21. The van der Waals surface area contributed by atoms with E-state index in [0.717, 1.165) is 0 Å². The molecule has 1 aromatic rings. The van der Waals surface area contributed by atoms with Crippen LogP contribution < -0.4 is 4.90 Å². The van der Waals surface area contributed by atoms with Crippen LogP contribution in [0.1, 0.15) is 23.7 Å². The number of carbonyl (C=O) groups is 3. The number of halogens is 1. The number of carbonyl (C=O) groups excluding carboxylic acids is 2. The third kappa shape index (κ3) is 3.85. The van der Waals surface area contributed by atoms with Crippen molar-refractivity contribution in [2.75, 3.05) is 17.2 Å². The normalized spacial score (nSPS) is 18.1. The topological polar surface area (TPSA) is 74.7 Å². The first-order chi connectivity index (χ1) is 9.88. The van der Waals surface area contributed by atoms with Crippen LogP contribution in [0.2, 0.25) is 0 Å². The summed E-state index contributed by atoms with van der Waals surface area (Å²) in [6.45, 7) is 2.01. The van der Waals surface area contributed by atoms with E-state index in [1.54, 1.807) is 11.0 Å². The molecule has 1 aromatic carbocycles. The van der Waals surface area contributed by atoms with Crippen LogP contribution in [-0.4, -0.2) is 34.4 Å². The van der Waals surface area contributed by atoms with Crippen molar-refractivity contribution >= 4 is 50.4 Å². The van der Waals surface area contributed by atoms with Crippen molar-refractivity contribution in [3.05, 3.63) is 28.2 Å². The molecule has 0 aromatic heterocycles. The van der Waals surface area contributed by atoms with Crippen LogP contribution in [0.25, 0.3) is 0 Å². The van der Waals surface area contributed by atoms with Crippen molar-refractivity contribution in [3.8, 4) is 0 Å². The highest BCUT2D eigenvalue weighted by atomic mass is 79.9. The van der Waals surface area contributed by atoms with Crippen molar-refractivity contribution in [1.82, 2.24) is 0 Å². The smallest absolute Gasteiger partial charge is 0.335 e. The first kappa shape index (κ1) is 16.0. The van der Waals surface area contributed by atoms with Crippen molar-refractivity contribution in [2.24, 2.45) is 5.92 Å². The predicted molar refractivity (Wildman–Crippen MR) is 84.7 cm³/mol. The number of rotatable bonds is 4.